The van der Waals surface area contributed by atoms with Crippen molar-refractivity contribution < 1.29 is 27.4 Å². The molecule has 0 aromatic heterocycles. The van der Waals surface area contributed by atoms with Gasteiger partial charge in [0, 0.05) is 12.1 Å². The molecule has 0 fully saturated rings. The van der Waals surface area contributed by atoms with E-state index in [-0.39, 0.29) is 29.0 Å². The third-order valence-electron chi connectivity index (χ3n) is 3.77. The highest BCUT2D eigenvalue weighted by atomic mass is 32.2. The van der Waals surface area contributed by atoms with Gasteiger partial charge in [-0.2, -0.15) is 0 Å². The number of hydrogen-bond donors (Lipinski definition) is 2. The summed E-state index contributed by atoms with van der Waals surface area (Å²) in [5.74, 6) is 0.883. The summed E-state index contributed by atoms with van der Waals surface area (Å²) in [7, 11) is -2.50. The van der Waals surface area contributed by atoms with Crippen LogP contribution in [0.1, 0.15) is 24.2 Å². The van der Waals surface area contributed by atoms with E-state index in [4.69, 9.17) is 14.2 Å². The van der Waals surface area contributed by atoms with E-state index in [9.17, 15) is 13.2 Å². The Bertz CT molecular complexity index is 972. The number of carbonyl (C=O) groups is 1. The van der Waals surface area contributed by atoms with Crippen LogP contribution >= 0.6 is 0 Å². The van der Waals surface area contributed by atoms with E-state index >= 15 is 0 Å². The van der Waals surface area contributed by atoms with Gasteiger partial charge in [0.15, 0.2) is 11.5 Å². The number of rotatable bonds is 6. The second-order valence-corrected chi connectivity index (χ2v) is 7.85. The van der Waals surface area contributed by atoms with Crippen molar-refractivity contribution in [3.63, 3.8) is 0 Å². The lowest BCUT2D eigenvalue weighted by molar-refractivity contribution is 0.0940. The predicted molar refractivity (Wildman–Crippen MR) is 99.0 cm³/mol. The lowest BCUT2D eigenvalue weighted by Gasteiger charge is -2.14. The fourth-order valence-electron chi connectivity index (χ4n) is 2.55. The average Bonchev–Trinajstić information content (AvgIpc) is 3.08. The summed E-state index contributed by atoms with van der Waals surface area (Å²) >= 11 is 0. The third kappa shape index (κ3) is 4.08. The molecule has 1 heterocycles. The van der Waals surface area contributed by atoms with E-state index in [0.29, 0.717) is 17.2 Å². The minimum Gasteiger partial charge on any atom is -0.496 e. The fraction of sp³-hybridized carbons (Fsp3) is 0.278. The van der Waals surface area contributed by atoms with Gasteiger partial charge in [-0.3, -0.25) is 9.52 Å². The van der Waals surface area contributed by atoms with Crippen molar-refractivity contribution in [1.29, 1.82) is 0 Å². The molecule has 1 amide bonds. The number of hydrogen-bond acceptors (Lipinski definition) is 6. The van der Waals surface area contributed by atoms with Gasteiger partial charge in [0.25, 0.3) is 15.9 Å². The SMILES string of the molecule is COc1ccc(S(=O)(=O)Nc2ccc3c(c2)OCO3)cc1C(=O)NC(C)C. The number of sulfonamides is 1. The molecule has 0 saturated heterocycles. The predicted octanol–water partition coefficient (Wildman–Crippen LogP) is 2.36. The van der Waals surface area contributed by atoms with Gasteiger partial charge in [-0.25, -0.2) is 8.42 Å². The quantitative estimate of drug-likeness (QED) is 0.782. The standard InChI is InChI=1S/C18H20N2O6S/c1-11(2)19-18(21)14-9-13(5-7-15(14)24-3)27(22,23)20-12-4-6-16-17(8-12)26-10-25-16/h4-9,11,20H,10H2,1-3H3,(H,19,21). The Kier molecular flexibility index (Phi) is 5.13. The number of carbonyl (C=O) groups excluding carboxylic acids is 1. The molecular weight excluding hydrogens is 372 g/mol. The minimum atomic E-state index is -3.92. The van der Waals surface area contributed by atoms with Gasteiger partial charge in [-0.15, -0.1) is 0 Å². The second kappa shape index (κ2) is 7.36. The topological polar surface area (TPSA) is 103 Å². The summed E-state index contributed by atoms with van der Waals surface area (Å²) in [4.78, 5) is 12.3. The van der Waals surface area contributed by atoms with Crippen LogP contribution in [0.5, 0.6) is 17.2 Å². The first-order chi connectivity index (χ1) is 12.8. The van der Waals surface area contributed by atoms with E-state index in [1.54, 1.807) is 12.1 Å². The van der Waals surface area contributed by atoms with Gasteiger partial charge < -0.3 is 19.5 Å². The van der Waals surface area contributed by atoms with E-state index in [1.165, 1.54) is 31.4 Å². The third-order valence-corrected chi connectivity index (χ3v) is 5.15. The lowest BCUT2D eigenvalue weighted by Crippen LogP contribution is -2.30. The van der Waals surface area contributed by atoms with Gasteiger partial charge in [0.05, 0.1) is 23.3 Å². The summed E-state index contributed by atoms with van der Waals surface area (Å²) in [6, 6.07) is 8.73. The van der Waals surface area contributed by atoms with Crippen LogP contribution in [-0.2, 0) is 10.0 Å². The van der Waals surface area contributed by atoms with Gasteiger partial charge in [0.1, 0.15) is 5.75 Å². The Balaban J connectivity index is 1.91. The van der Waals surface area contributed by atoms with Crippen LogP contribution in [-0.4, -0.2) is 34.3 Å². The van der Waals surface area contributed by atoms with Gasteiger partial charge in [0.2, 0.25) is 6.79 Å². The van der Waals surface area contributed by atoms with Gasteiger partial charge in [-0.05, 0) is 44.2 Å². The Morgan fingerprint density at radius 2 is 1.85 bits per heavy atom. The molecule has 0 bridgehead atoms. The van der Waals surface area contributed by atoms with Crippen LogP contribution in [0.25, 0.3) is 0 Å². The first-order valence-electron chi connectivity index (χ1n) is 8.21. The zero-order valence-electron chi connectivity index (χ0n) is 15.1. The van der Waals surface area contributed by atoms with Crippen LogP contribution in [0.2, 0.25) is 0 Å². The first-order valence-corrected chi connectivity index (χ1v) is 9.70. The zero-order valence-corrected chi connectivity index (χ0v) is 15.9. The molecule has 2 aromatic rings. The number of fused-ring (bicyclic) bond motifs is 1. The number of ether oxygens (including phenoxy) is 3. The maximum absolute atomic E-state index is 12.7. The summed E-state index contributed by atoms with van der Waals surface area (Å²) < 4.78 is 43.6. The largest absolute Gasteiger partial charge is 0.496 e. The molecule has 1 aliphatic rings. The Morgan fingerprint density at radius 3 is 2.56 bits per heavy atom. The summed E-state index contributed by atoms with van der Waals surface area (Å²) in [6.07, 6.45) is 0. The molecule has 0 spiro atoms. The van der Waals surface area contributed by atoms with Gasteiger partial charge >= 0.3 is 0 Å². The number of methoxy groups -OCH3 is 1. The number of amides is 1. The molecule has 1 aliphatic heterocycles. The molecule has 0 atom stereocenters. The number of nitrogens with one attached hydrogen (secondary N) is 2. The summed E-state index contributed by atoms with van der Waals surface area (Å²) in [5, 5.41) is 2.73. The smallest absolute Gasteiger partial charge is 0.261 e. The Labute approximate surface area is 157 Å². The molecular formula is C18H20N2O6S. The van der Waals surface area contributed by atoms with Crippen molar-refractivity contribution in [2.75, 3.05) is 18.6 Å². The van der Waals surface area contributed by atoms with Crippen LogP contribution in [0, 0.1) is 0 Å². The molecule has 3 rings (SSSR count). The second-order valence-electron chi connectivity index (χ2n) is 6.16. The average molecular weight is 392 g/mol. The maximum atomic E-state index is 12.7. The molecule has 0 saturated carbocycles. The Hall–Kier alpha value is -2.94. The van der Waals surface area contributed by atoms with E-state index in [1.807, 2.05) is 13.8 Å². The van der Waals surface area contributed by atoms with Crippen LogP contribution in [0.3, 0.4) is 0 Å². The van der Waals surface area contributed by atoms with Crippen molar-refractivity contribution in [2.24, 2.45) is 0 Å². The molecule has 9 heteroatoms. The molecule has 2 N–H and O–H groups in total. The van der Waals surface area contributed by atoms with Crippen molar-refractivity contribution in [3.8, 4) is 17.2 Å². The molecule has 0 aliphatic carbocycles. The van der Waals surface area contributed by atoms with E-state index in [2.05, 4.69) is 10.0 Å². The summed E-state index contributed by atoms with van der Waals surface area (Å²) in [6.45, 7) is 3.72. The molecule has 8 nitrogen and oxygen atoms in total. The Morgan fingerprint density at radius 1 is 1.11 bits per heavy atom. The van der Waals surface area contributed by atoms with Crippen molar-refractivity contribution in [2.45, 2.75) is 24.8 Å². The summed E-state index contributed by atoms with van der Waals surface area (Å²) in [5.41, 5.74) is 0.461. The highest BCUT2D eigenvalue weighted by Crippen LogP contribution is 2.35. The molecule has 0 unspecified atom stereocenters. The fourth-order valence-corrected chi connectivity index (χ4v) is 3.62. The van der Waals surface area contributed by atoms with Crippen molar-refractivity contribution in [3.05, 3.63) is 42.0 Å². The number of benzene rings is 2. The van der Waals surface area contributed by atoms with Gasteiger partial charge in [-0.1, -0.05) is 0 Å². The lowest BCUT2D eigenvalue weighted by atomic mass is 10.2. The van der Waals surface area contributed by atoms with Crippen molar-refractivity contribution >= 4 is 21.6 Å². The minimum absolute atomic E-state index is 0.0603. The number of anilines is 1. The van der Waals surface area contributed by atoms with E-state index in [0.717, 1.165) is 0 Å². The normalized spacial score (nSPS) is 12.7. The maximum Gasteiger partial charge on any atom is 0.261 e. The monoisotopic (exact) mass is 392 g/mol. The molecule has 2 aromatic carbocycles. The molecule has 144 valence electrons. The molecule has 27 heavy (non-hydrogen) atoms. The van der Waals surface area contributed by atoms with Crippen LogP contribution in [0.4, 0.5) is 5.69 Å². The first kappa shape index (κ1) is 18.8. The van der Waals surface area contributed by atoms with Crippen LogP contribution in [0.15, 0.2) is 41.3 Å². The zero-order chi connectivity index (χ0) is 19.6. The highest BCUT2D eigenvalue weighted by Gasteiger charge is 2.21. The van der Waals surface area contributed by atoms with Crippen LogP contribution < -0.4 is 24.2 Å². The highest BCUT2D eigenvalue weighted by molar-refractivity contribution is 7.92. The molecule has 0 radical (unpaired) electrons. The van der Waals surface area contributed by atoms with E-state index < -0.39 is 15.9 Å². The van der Waals surface area contributed by atoms with Crippen molar-refractivity contribution in [1.82, 2.24) is 5.32 Å².